The summed E-state index contributed by atoms with van der Waals surface area (Å²) in [6, 6.07) is 5.64. The highest BCUT2D eigenvalue weighted by molar-refractivity contribution is 6.14. The predicted octanol–water partition coefficient (Wildman–Crippen LogP) is 2.07. The van der Waals surface area contributed by atoms with E-state index in [1.165, 1.54) is 24.5 Å². The minimum Gasteiger partial charge on any atom is -0.464 e. The smallest absolute Gasteiger partial charge is 0.277 e. The van der Waals surface area contributed by atoms with E-state index in [9.17, 15) is 13.2 Å². The first-order valence-electron chi connectivity index (χ1n) is 5.64. The molecule has 0 aliphatic carbocycles. The van der Waals surface area contributed by atoms with Gasteiger partial charge >= 0.3 is 0 Å². The first-order valence-corrected chi connectivity index (χ1v) is 5.64. The van der Waals surface area contributed by atoms with Crippen LogP contribution in [0.15, 0.2) is 34.9 Å². The molecular formula is C12H10B2F3NO. The van der Waals surface area contributed by atoms with Crippen molar-refractivity contribution >= 4 is 26.7 Å². The third-order valence-electron chi connectivity index (χ3n) is 3.01. The monoisotopic (exact) mass is 263 g/mol. The topological polar surface area (TPSA) is 25.2 Å². The Morgan fingerprint density at radius 1 is 1.32 bits per heavy atom. The van der Waals surface area contributed by atoms with Gasteiger partial charge in [0.15, 0.2) is 0 Å². The molecule has 1 aromatic carbocycles. The second-order valence-electron chi connectivity index (χ2n) is 4.13. The van der Waals surface area contributed by atoms with Crippen molar-refractivity contribution in [3.05, 3.63) is 36.1 Å². The summed E-state index contributed by atoms with van der Waals surface area (Å²) < 4.78 is 45.9. The van der Waals surface area contributed by atoms with Crippen LogP contribution in [0.3, 0.4) is 0 Å². The Morgan fingerprint density at radius 2 is 2.05 bits per heavy atom. The number of fused-ring (bicyclic) bond motifs is 1. The molecule has 19 heavy (non-hydrogen) atoms. The highest BCUT2D eigenvalue weighted by Crippen LogP contribution is 2.37. The zero-order valence-corrected chi connectivity index (χ0v) is 9.95. The molecule has 0 fully saturated rings. The number of hydrogen-bond donors (Lipinski definition) is 1. The average Bonchev–Trinajstić information content (AvgIpc) is 2.84. The fraction of sp³-hybridized carbons (Fsp3) is 0.333. The summed E-state index contributed by atoms with van der Waals surface area (Å²) in [5.41, 5.74) is -2.97. The molecule has 0 bridgehead atoms. The number of nitrogens with one attached hydrogen (secondary N) is 1. The van der Waals surface area contributed by atoms with E-state index in [0.29, 0.717) is 11.0 Å². The van der Waals surface area contributed by atoms with Gasteiger partial charge in [-0.2, -0.15) is 0 Å². The molecule has 2 unspecified atom stereocenters. The quantitative estimate of drug-likeness (QED) is 0.835. The van der Waals surface area contributed by atoms with Gasteiger partial charge in [0.05, 0.1) is 22.0 Å². The maximum atomic E-state index is 14.6. The standard InChI is InChI=1S/C12H10B2F3NO/c13-6-18-10(14)12(17,11(15)16)8-2-1-7-3-4-19-9(7)5-8/h1-5,10-11,18H,6H2. The summed E-state index contributed by atoms with van der Waals surface area (Å²) in [5.74, 6) is -1.62. The third-order valence-corrected chi connectivity index (χ3v) is 3.01. The van der Waals surface area contributed by atoms with Crippen LogP contribution in [-0.2, 0) is 5.67 Å². The van der Waals surface area contributed by atoms with Crippen molar-refractivity contribution in [2.75, 3.05) is 6.44 Å². The van der Waals surface area contributed by atoms with Crippen LogP contribution in [0.25, 0.3) is 11.0 Å². The van der Waals surface area contributed by atoms with E-state index >= 15 is 0 Å². The Kier molecular flexibility index (Phi) is 3.94. The number of halogens is 3. The predicted molar refractivity (Wildman–Crippen MR) is 68.3 cm³/mol. The molecule has 2 atom stereocenters. The average molecular weight is 263 g/mol. The zero-order valence-electron chi connectivity index (χ0n) is 9.95. The second kappa shape index (κ2) is 5.33. The third kappa shape index (κ3) is 2.39. The van der Waals surface area contributed by atoms with Gasteiger partial charge < -0.3 is 9.73 Å². The number of rotatable bonds is 5. The Labute approximate surface area is 111 Å². The molecule has 7 heteroatoms. The Balaban J connectivity index is 2.47. The van der Waals surface area contributed by atoms with E-state index in [-0.39, 0.29) is 12.0 Å². The van der Waals surface area contributed by atoms with Crippen molar-refractivity contribution in [2.24, 2.45) is 0 Å². The Hall–Kier alpha value is -1.36. The molecule has 0 saturated heterocycles. The molecule has 2 rings (SSSR count). The van der Waals surface area contributed by atoms with Gasteiger partial charge in [0.2, 0.25) is 5.67 Å². The molecule has 0 spiro atoms. The lowest BCUT2D eigenvalue weighted by Crippen LogP contribution is -2.51. The van der Waals surface area contributed by atoms with E-state index in [2.05, 4.69) is 5.32 Å². The fourth-order valence-corrected chi connectivity index (χ4v) is 1.91. The molecule has 1 heterocycles. The molecule has 0 aliphatic heterocycles. The summed E-state index contributed by atoms with van der Waals surface area (Å²) in [6.45, 7) is 0. The van der Waals surface area contributed by atoms with Crippen molar-refractivity contribution in [2.45, 2.75) is 18.0 Å². The van der Waals surface area contributed by atoms with Gasteiger partial charge in [-0.25, -0.2) is 13.2 Å². The van der Waals surface area contributed by atoms with E-state index in [4.69, 9.17) is 20.1 Å². The molecule has 1 aromatic heterocycles. The maximum Gasteiger partial charge on any atom is 0.277 e. The Morgan fingerprint density at radius 3 is 2.68 bits per heavy atom. The molecule has 0 saturated carbocycles. The highest BCUT2D eigenvalue weighted by atomic mass is 19.3. The largest absolute Gasteiger partial charge is 0.464 e. The summed E-state index contributed by atoms with van der Waals surface area (Å²) in [7, 11) is 10.6. The maximum absolute atomic E-state index is 14.6. The van der Waals surface area contributed by atoms with E-state index in [1.54, 1.807) is 6.07 Å². The minimum atomic E-state index is -3.30. The summed E-state index contributed by atoms with van der Waals surface area (Å²) in [6.07, 6.45) is -2.11. The van der Waals surface area contributed by atoms with Crippen LogP contribution in [0.4, 0.5) is 13.2 Å². The molecule has 2 nitrogen and oxygen atoms in total. The van der Waals surface area contributed by atoms with Crippen LogP contribution in [0, 0.1) is 0 Å². The van der Waals surface area contributed by atoms with E-state index < -0.39 is 18.0 Å². The van der Waals surface area contributed by atoms with Crippen LogP contribution in [0.2, 0.25) is 0 Å². The summed E-state index contributed by atoms with van der Waals surface area (Å²) in [4.78, 5) is 0. The lowest BCUT2D eigenvalue weighted by atomic mass is 9.76. The van der Waals surface area contributed by atoms with Crippen molar-refractivity contribution in [3.63, 3.8) is 0 Å². The van der Waals surface area contributed by atoms with Gasteiger partial charge in [-0.3, -0.25) is 0 Å². The van der Waals surface area contributed by atoms with Crippen molar-refractivity contribution in [3.8, 4) is 0 Å². The SMILES string of the molecule is [B]CNC([B])C(F)(c1ccc2ccoc2c1)C(F)F. The normalized spacial score (nSPS) is 16.6. The zero-order chi connectivity index (χ0) is 14.0. The molecule has 1 N–H and O–H groups in total. The van der Waals surface area contributed by atoms with Gasteiger partial charge in [0, 0.05) is 11.3 Å². The lowest BCUT2D eigenvalue weighted by Gasteiger charge is -2.32. The van der Waals surface area contributed by atoms with Gasteiger partial charge in [0.25, 0.3) is 6.43 Å². The molecule has 2 aromatic rings. The van der Waals surface area contributed by atoms with Crippen LogP contribution in [-0.4, -0.2) is 34.5 Å². The second-order valence-corrected chi connectivity index (χ2v) is 4.13. The van der Waals surface area contributed by atoms with Gasteiger partial charge in [-0.05, 0) is 24.1 Å². The van der Waals surface area contributed by atoms with Gasteiger partial charge in [0.1, 0.15) is 5.58 Å². The minimum absolute atomic E-state index is 0.206. The number of benzene rings is 1. The molecular weight excluding hydrogens is 253 g/mol. The van der Waals surface area contributed by atoms with Crippen molar-refractivity contribution < 1.29 is 17.6 Å². The Bertz CT molecular complexity index is 563. The summed E-state index contributed by atoms with van der Waals surface area (Å²) >= 11 is 0. The molecule has 96 valence electrons. The van der Waals surface area contributed by atoms with Gasteiger partial charge in [-0.1, -0.05) is 12.1 Å². The number of furan rings is 1. The number of hydrogen-bond acceptors (Lipinski definition) is 2. The van der Waals surface area contributed by atoms with Gasteiger partial charge in [-0.15, -0.1) is 0 Å². The van der Waals surface area contributed by atoms with Crippen molar-refractivity contribution in [1.82, 2.24) is 5.32 Å². The van der Waals surface area contributed by atoms with Crippen LogP contribution in [0.1, 0.15) is 5.56 Å². The molecule has 0 amide bonds. The number of alkyl halides is 3. The van der Waals surface area contributed by atoms with E-state index in [1.807, 2.05) is 0 Å². The van der Waals surface area contributed by atoms with Crippen LogP contribution in [0.5, 0.6) is 0 Å². The van der Waals surface area contributed by atoms with Crippen LogP contribution >= 0.6 is 0 Å². The first kappa shape index (κ1) is 14.1. The lowest BCUT2D eigenvalue weighted by molar-refractivity contribution is -0.0464. The van der Waals surface area contributed by atoms with Crippen molar-refractivity contribution in [1.29, 1.82) is 0 Å². The van der Waals surface area contributed by atoms with E-state index in [0.717, 1.165) is 0 Å². The first-order chi connectivity index (χ1) is 9.00. The highest BCUT2D eigenvalue weighted by Gasteiger charge is 2.46. The molecule has 4 radical (unpaired) electrons. The molecule has 0 aliphatic rings. The fourth-order valence-electron chi connectivity index (χ4n) is 1.91. The van der Waals surface area contributed by atoms with Crippen LogP contribution < -0.4 is 5.32 Å². The summed E-state index contributed by atoms with van der Waals surface area (Å²) in [5, 5.41) is 2.97.